The summed E-state index contributed by atoms with van der Waals surface area (Å²) < 4.78 is 5.79. The van der Waals surface area contributed by atoms with Crippen molar-refractivity contribution in [1.82, 2.24) is 9.88 Å². The van der Waals surface area contributed by atoms with Gasteiger partial charge in [0, 0.05) is 24.8 Å². The van der Waals surface area contributed by atoms with E-state index >= 15 is 0 Å². The molecule has 1 aromatic carbocycles. The summed E-state index contributed by atoms with van der Waals surface area (Å²) in [6.07, 6.45) is 1.84. The van der Waals surface area contributed by atoms with E-state index in [0.717, 1.165) is 25.5 Å². The zero-order chi connectivity index (χ0) is 13.1. The summed E-state index contributed by atoms with van der Waals surface area (Å²) in [4.78, 5) is 6.77. The Labute approximate surface area is 126 Å². The lowest BCUT2D eigenvalue weighted by Gasteiger charge is -2.18. The molecule has 0 N–H and O–H groups in total. The Balaban J connectivity index is 0.00000147. The molecule has 1 aliphatic heterocycles. The Bertz CT molecular complexity index is 560. The highest BCUT2D eigenvalue weighted by atomic mass is 35.5. The molecule has 0 amide bonds. The number of rotatable bonds is 2. The van der Waals surface area contributed by atoms with E-state index in [-0.39, 0.29) is 12.4 Å². The minimum atomic E-state index is 0. The van der Waals surface area contributed by atoms with Gasteiger partial charge < -0.3 is 4.74 Å². The van der Waals surface area contributed by atoms with E-state index in [2.05, 4.69) is 47.1 Å². The van der Waals surface area contributed by atoms with Crippen LogP contribution in [0.1, 0.15) is 12.5 Å². The number of aromatic nitrogens is 1. The molecular formula is C16H19ClN2O. The topological polar surface area (TPSA) is 25.4 Å². The predicted molar refractivity (Wildman–Crippen MR) is 83.4 cm³/mol. The number of likely N-dealkylation sites (N-methyl/N-ethyl adjacent to an activating group) is 1. The van der Waals surface area contributed by atoms with Crippen LogP contribution in [0.2, 0.25) is 0 Å². The van der Waals surface area contributed by atoms with Crippen molar-refractivity contribution >= 4 is 12.4 Å². The summed E-state index contributed by atoms with van der Waals surface area (Å²) >= 11 is 0. The van der Waals surface area contributed by atoms with Crippen LogP contribution in [0.15, 0.2) is 42.6 Å². The molecule has 0 aliphatic carbocycles. The molecule has 0 spiro atoms. The van der Waals surface area contributed by atoms with Crippen molar-refractivity contribution in [3.05, 3.63) is 48.2 Å². The third-order valence-corrected chi connectivity index (χ3v) is 3.58. The Hall–Kier alpha value is -1.58. The van der Waals surface area contributed by atoms with E-state index in [1.165, 1.54) is 16.7 Å². The molecule has 3 nitrogen and oxygen atoms in total. The second kappa shape index (κ2) is 6.73. The van der Waals surface area contributed by atoms with Gasteiger partial charge in [-0.2, -0.15) is 0 Å². The van der Waals surface area contributed by atoms with E-state index in [4.69, 9.17) is 4.74 Å². The van der Waals surface area contributed by atoms with Gasteiger partial charge in [0.2, 0.25) is 5.88 Å². The van der Waals surface area contributed by atoms with Crippen molar-refractivity contribution < 1.29 is 4.74 Å². The van der Waals surface area contributed by atoms with Crippen LogP contribution in [-0.4, -0.2) is 29.6 Å². The molecule has 2 aromatic rings. The summed E-state index contributed by atoms with van der Waals surface area (Å²) in [7, 11) is 0. The minimum Gasteiger partial charge on any atom is -0.476 e. The molecule has 3 rings (SSSR count). The summed E-state index contributed by atoms with van der Waals surface area (Å²) in [5, 5.41) is 0. The smallest absolute Gasteiger partial charge is 0.218 e. The summed E-state index contributed by atoms with van der Waals surface area (Å²) in [6.45, 7) is 5.80. The molecule has 2 heterocycles. The largest absolute Gasteiger partial charge is 0.476 e. The van der Waals surface area contributed by atoms with Gasteiger partial charge in [0.15, 0.2) is 0 Å². The Kier molecular flexibility index (Phi) is 4.99. The Morgan fingerprint density at radius 1 is 1.20 bits per heavy atom. The van der Waals surface area contributed by atoms with Crippen molar-refractivity contribution in [3.8, 4) is 17.0 Å². The number of fused-ring (bicyclic) bond motifs is 1. The van der Waals surface area contributed by atoms with E-state index in [0.29, 0.717) is 6.61 Å². The Morgan fingerprint density at radius 2 is 2.00 bits per heavy atom. The minimum absolute atomic E-state index is 0. The van der Waals surface area contributed by atoms with Gasteiger partial charge in [-0.05, 0) is 23.7 Å². The van der Waals surface area contributed by atoms with Crippen LogP contribution in [0.3, 0.4) is 0 Å². The van der Waals surface area contributed by atoms with Gasteiger partial charge in [0.25, 0.3) is 0 Å². The fourth-order valence-corrected chi connectivity index (χ4v) is 2.48. The molecule has 0 atom stereocenters. The highest BCUT2D eigenvalue weighted by molar-refractivity contribution is 5.85. The molecule has 0 fully saturated rings. The monoisotopic (exact) mass is 290 g/mol. The highest BCUT2D eigenvalue weighted by Gasteiger charge is 2.18. The zero-order valence-electron chi connectivity index (χ0n) is 11.6. The molecule has 0 unspecified atom stereocenters. The summed E-state index contributed by atoms with van der Waals surface area (Å²) in [6, 6.07) is 12.5. The maximum absolute atomic E-state index is 5.79. The SMILES string of the molecule is CCN1CCOc2nccc(-c3ccccc3)c2C1.Cl. The second-order valence-electron chi connectivity index (χ2n) is 4.73. The van der Waals surface area contributed by atoms with Gasteiger partial charge >= 0.3 is 0 Å². The van der Waals surface area contributed by atoms with Gasteiger partial charge in [-0.25, -0.2) is 4.98 Å². The lowest BCUT2D eigenvalue weighted by atomic mass is 10.0. The number of ether oxygens (including phenoxy) is 1. The van der Waals surface area contributed by atoms with Crippen LogP contribution in [0.4, 0.5) is 0 Å². The first kappa shape index (κ1) is 14.8. The van der Waals surface area contributed by atoms with Crippen molar-refractivity contribution in [2.75, 3.05) is 19.7 Å². The second-order valence-corrected chi connectivity index (χ2v) is 4.73. The molecule has 106 valence electrons. The summed E-state index contributed by atoms with van der Waals surface area (Å²) in [5.74, 6) is 0.789. The number of hydrogen-bond acceptors (Lipinski definition) is 3. The lowest BCUT2D eigenvalue weighted by Crippen LogP contribution is -2.25. The van der Waals surface area contributed by atoms with Gasteiger partial charge in [-0.15, -0.1) is 12.4 Å². The third-order valence-electron chi connectivity index (χ3n) is 3.58. The fraction of sp³-hybridized carbons (Fsp3) is 0.312. The van der Waals surface area contributed by atoms with Gasteiger partial charge in [-0.1, -0.05) is 37.3 Å². The number of halogens is 1. The molecule has 1 aromatic heterocycles. The normalized spacial score (nSPS) is 14.7. The van der Waals surface area contributed by atoms with E-state index < -0.39 is 0 Å². The standard InChI is InChI=1S/C16H18N2O.ClH/c1-2-18-10-11-19-16-15(12-18)14(8-9-17-16)13-6-4-3-5-7-13;/h3-9H,2,10-12H2,1H3;1H. The molecule has 0 saturated carbocycles. The van der Waals surface area contributed by atoms with Gasteiger partial charge in [0.05, 0.1) is 0 Å². The molecule has 0 bridgehead atoms. The third kappa shape index (κ3) is 2.94. The molecular weight excluding hydrogens is 272 g/mol. The average Bonchev–Trinajstić information content (AvgIpc) is 2.69. The highest BCUT2D eigenvalue weighted by Crippen LogP contribution is 2.31. The average molecular weight is 291 g/mol. The Morgan fingerprint density at radius 3 is 2.75 bits per heavy atom. The molecule has 4 heteroatoms. The van der Waals surface area contributed by atoms with E-state index in [1.54, 1.807) is 0 Å². The van der Waals surface area contributed by atoms with Crippen LogP contribution < -0.4 is 4.74 Å². The van der Waals surface area contributed by atoms with Crippen molar-refractivity contribution in [2.24, 2.45) is 0 Å². The van der Waals surface area contributed by atoms with Gasteiger partial charge in [-0.3, -0.25) is 4.90 Å². The van der Waals surface area contributed by atoms with Crippen molar-refractivity contribution in [2.45, 2.75) is 13.5 Å². The van der Waals surface area contributed by atoms with Crippen LogP contribution in [0.25, 0.3) is 11.1 Å². The van der Waals surface area contributed by atoms with Crippen LogP contribution >= 0.6 is 12.4 Å². The maximum atomic E-state index is 5.79. The van der Waals surface area contributed by atoms with Crippen LogP contribution in [-0.2, 0) is 6.54 Å². The molecule has 0 saturated heterocycles. The van der Waals surface area contributed by atoms with Crippen LogP contribution in [0.5, 0.6) is 5.88 Å². The molecule has 20 heavy (non-hydrogen) atoms. The molecule has 0 radical (unpaired) electrons. The van der Waals surface area contributed by atoms with E-state index in [1.807, 2.05) is 12.3 Å². The molecule has 1 aliphatic rings. The van der Waals surface area contributed by atoms with Crippen molar-refractivity contribution in [1.29, 1.82) is 0 Å². The van der Waals surface area contributed by atoms with Crippen molar-refractivity contribution in [3.63, 3.8) is 0 Å². The first-order chi connectivity index (χ1) is 9.38. The maximum Gasteiger partial charge on any atom is 0.218 e. The fourth-order valence-electron chi connectivity index (χ4n) is 2.48. The van der Waals surface area contributed by atoms with E-state index in [9.17, 15) is 0 Å². The quantitative estimate of drug-likeness (QED) is 0.848. The number of nitrogens with zero attached hydrogens (tertiary/aromatic N) is 2. The number of pyridine rings is 1. The zero-order valence-corrected chi connectivity index (χ0v) is 12.4. The summed E-state index contributed by atoms with van der Waals surface area (Å²) in [5.41, 5.74) is 3.65. The number of benzene rings is 1. The number of hydrogen-bond donors (Lipinski definition) is 0. The lowest BCUT2D eigenvalue weighted by molar-refractivity contribution is 0.231. The first-order valence-corrected chi connectivity index (χ1v) is 6.77. The first-order valence-electron chi connectivity index (χ1n) is 6.77. The van der Waals surface area contributed by atoms with Gasteiger partial charge in [0.1, 0.15) is 6.61 Å². The predicted octanol–water partition coefficient (Wildman–Crippen LogP) is 3.38. The van der Waals surface area contributed by atoms with Crippen LogP contribution in [0, 0.1) is 0 Å².